The number of rotatable bonds is 34. The molecule has 12 heteroatoms. The predicted molar refractivity (Wildman–Crippen MR) is 305 cm³/mol. The molecule has 12 nitrogen and oxygen atoms in total. The van der Waals surface area contributed by atoms with Gasteiger partial charge < -0.3 is 18.9 Å². The molecule has 6 aromatic rings. The van der Waals surface area contributed by atoms with Gasteiger partial charge in [0.05, 0.1) is 34.2 Å². The van der Waals surface area contributed by atoms with Crippen LogP contribution < -0.4 is 18.9 Å². The van der Waals surface area contributed by atoms with Crippen LogP contribution in [0.4, 0.5) is 11.4 Å². The summed E-state index contributed by atoms with van der Waals surface area (Å²) in [7, 11) is 0. The van der Waals surface area contributed by atoms with E-state index in [4.69, 9.17) is 18.9 Å². The first-order chi connectivity index (χ1) is 37.1. The highest BCUT2D eigenvalue weighted by molar-refractivity contribution is 5.94. The first kappa shape index (κ1) is 57.7. The Bertz CT molecular complexity index is 2660. The second-order valence-electron chi connectivity index (χ2n) is 19.4. The van der Waals surface area contributed by atoms with Gasteiger partial charge >= 0.3 is 23.3 Å². The van der Waals surface area contributed by atoms with Gasteiger partial charge in [-0.05, 0) is 107 Å². The Morgan fingerprint density at radius 3 is 1.08 bits per heavy atom. The minimum absolute atomic E-state index is 0.0803. The molecule has 0 radical (unpaired) electrons. The van der Waals surface area contributed by atoms with Crippen LogP contribution in [0.3, 0.4) is 0 Å². The van der Waals surface area contributed by atoms with E-state index in [1.165, 1.54) is 102 Å². The molecule has 0 saturated heterocycles. The summed E-state index contributed by atoms with van der Waals surface area (Å²) in [6, 6.07) is 33.9. The van der Waals surface area contributed by atoms with E-state index < -0.39 is 21.8 Å². The van der Waals surface area contributed by atoms with Crippen molar-refractivity contribution in [1.29, 1.82) is 0 Å². The standard InChI is InChI=1S/C64H74N2O10/c1-3-5-7-9-11-13-15-17-19-21-43-73-61-41-31-51(45-59(61)65(69)70)25-23-49-27-33-54(34-28-49)63(67)75-57-39-37-53-38-40-58(48-56(53)47-57)76-64(68)55-35-29-50(30-36-55)24-26-52-32-42-62(60(46-52)66(71)72)74-44-22-20-18-16-14-12-10-8-6-4-2/h23-42,45-48H,3-22,43-44H2,1-2H3/b25-23+,26-24+. The lowest BCUT2D eigenvalue weighted by atomic mass is 10.1. The van der Waals surface area contributed by atoms with Gasteiger partial charge in [0, 0.05) is 12.1 Å². The number of hydrogen-bond donors (Lipinski definition) is 0. The fraction of sp³-hybridized carbons (Fsp3) is 0.375. The lowest BCUT2D eigenvalue weighted by molar-refractivity contribution is -0.386. The Morgan fingerprint density at radius 2 is 0.724 bits per heavy atom. The quantitative estimate of drug-likeness (QED) is 0.00951. The van der Waals surface area contributed by atoms with E-state index >= 15 is 0 Å². The van der Waals surface area contributed by atoms with E-state index in [2.05, 4.69) is 13.8 Å². The van der Waals surface area contributed by atoms with Gasteiger partial charge in [0.1, 0.15) is 11.5 Å². The molecule has 0 unspecified atom stereocenters. The minimum Gasteiger partial charge on any atom is -0.487 e. The van der Waals surface area contributed by atoms with Gasteiger partial charge in [0.15, 0.2) is 11.5 Å². The number of nitrogens with zero attached hydrogens (tertiary/aromatic N) is 2. The van der Waals surface area contributed by atoms with E-state index in [0.29, 0.717) is 52.4 Å². The summed E-state index contributed by atoms with van der Waals surface area (Å²) < 4.78 is 23.1. The van der Waals surface area contributed by atoms with E-state index in [9.17, 15) is 29.8 Å². The number of fused-ring (bicyclic) bond motifs is 1. The third-order valence-corrected chi connectivity index (χ3v) is 13.3. The average Bonchev–Trinajstić information content (AvgIpc) is 3.43. The van der Waals surface area contributed by atoms with Crippen molar-refractivity contribution < 1.29 is 38.4 Å². The molecule has 0 aliphatic rings. The fourth-order valence-electron chi connectivity index (χ4n) is 8.86. The molecule has 0 saturated carbocycles. The van der Waals surface area contributed by atoms with Crippen LogP contribution in [0.25, 0.3) is 35.1 Å². The van der Waals surface area contributed by atoms with E-state index in [1.54, 1.807) is 109 Å². The van der Waals surface area contributed by atoms with Crippen molar-refractivity contribution in [2.24, 2.45) is 0 Å². The average molecular weight is 1030 g/mol. The molecule has 6 rings (SSSR count). The van der Waals surface area contributed by atoms with Crippen LogP contribution in [0.5, 0.6) is 23.0 Å². The van der Waals surface area contributed by atoms with Crippen LogP contribution in [0.2, 0.25) is 0 Å². The van der Waals surface area contributed by atoms with Crippen LogP contribution in [0.15, 0.2) is 121 Å². The Hall–Kier alpha value is -7.60. The maximum absolute atomic E-state index is 13.2. The molecule has 6 aromatic carbocycles. The molecule has 0 N–H and O–H groups in total. The van der Waals surface area contributed by atoms with Crippen molar-refractivity contribution in [2.75, 3.05) is 13.2 Å². The molecule has 0 aliphatic heterocycles. The number of benzene rings is 6. The number of hydrogen-bond acceptors (Lipinski definition) is 10. The highest BCUT2D eigenvalue weighted by Gasteiger charge is 2.18. The van der Waals surface area contributed by atoms with Crippen LogP contribution in [-0.2, 0) is 0 Å². The van der Waals surface area contributed by atoms with Crippen molar-refractivity contribution in [1.82, 2.24) is 0 Å². The summed E-state index contributed by atoms with van der Waals surface area (Å²) in [5, 5.41) is 25.3. The van der Waals surface area contributed by atoms with Crippen LogP contribution in [0, 0.1) is 20.2 Å². The number of nitro groups is 2. The molecule has 0 bridgehead atoms. The molecule has 0 aliphatic carbocycles. The molecule has 0 atom stereocenters. The van der Waals surface area contributed by atoms with Crippen LogP contribution >= 0.6 is 0 Å². The highest BCUT2D eigenvalue weighted by atomic mass is 16.6. The topological polar surface area (TPSA) is 157 Å². The molecule has 0 amide bonds. The van der Waals surface area contributed by atoms with Crippen molar-refractivity contribution >= 4 is 58.4 Å². The Balaban J connectivity index is 0.946. The SMILES string of the molecule is CCCCCCCCCCCCOc1ccc(/C=C/c2ccc(C(=O)Oc3ccc4ccc(OC(=O)c5ccc(/C=C/c6ccc(OCCCCCCCCCCCC)c([N+](=O)[O-])c6)cc5)cc4c3)cc2)cc1[N+](=O)[O-]. The van der Waals surface area contributed by atoms with Gasteiger partial charge in [0.25, 0.3) is 0 Å². The fourth-order valence-corrected chi connectivity index (χ4v) is 8.86. The second kappa shape index (κ2) is 32.0. The van der Waals surface area contributed by atoms with Gasteiger partial charge in [-0.3, -0.25) is 20.2 Å². The molecule has 0 spiro atoms. The number of ether oxygens (including phenoxy) is 4. The number of unbranched alkanes of at least 4 members (excludes halogenated alkanes) is 18. The van der Waals surface area contributed by atoms with Crippen LogP contribution in [-0.4, -0.2) is 35.0 Å². The summed E-state index contributed by atoms with van der Waals surface area (Å²) in [5.74, 6) is 0.0305. The molecule has 76 heavy (non-hydrogen) atoms. The van der Waals surface area contributed by atoms with E-state index in [0.717, 1.165) is 55.0 Å². The van der Waals surface area contributed by atoms with Gasteiger partial charge in [0.2, 0.25) is 0 Å². The van der Waals surface area contributed by atoms with Crippen molar-refractivity contribution in [3.8, 4) is 23.0 Å². The van der Waals surface area contributed by atoms with Crippen molar-refractivity contribution in [3.05, 3.63) is 175 Å². The van der Waals surface area contributed by atoms with Crippen LogP contribution in [0.1, 0.15) is 185 Å². The lowest BCUT2D eigenvalue weighted by Crippen LogP contribution is -2.08. The summed E-state index contributed by atoms with van der Waals surface area (Å²) >= 11 is 0. The molecule has 400 valence electrons. The smallest absolute Gasteiger partial charge is 0.343 e. The minimum atomic E-state index is -0.557. The molecule has 0 aromatic heterocycles. The molecule has 0 fully saturated rings. The first-order valence-corrected chi connectivity index (χ1v) is 27.5. The Morgan fingerprint density at radius 1 is 0.395 bits per heavy atom. The molecular formula is C64H74N2O10. The molecule has 0 heterocycles. The van der Waals surface area contributed by atoms with Crippen molar-refractivity contribution in [2.45, 2.75) is 142 Å². The Kier molecular flexibility index (Phi) is 24.3. The maximum atomic E-state index is 13.2. The third-order valence-electron chi connectivity index (χ3n) is 13.3. The summed E-state index contributed by atoms with van der Waals surface area (Å²) in [5.41, 5.74) is 3.36. The normalized spacial score (nSPS) is 11.3. The monoisotopic (exact) mass is 1030 g/mol. The lowest BCUT2D eigenvalue weighted by Gasteiger charge is -2.09. The van der Waals surface area contributed by atoms with E-state index in [-0.39, 0.29) is 22.9 Å². The zero-order valence-electron chi connectivity index (χ0n) is 44.4. The van der Waals surface area contributed by atoms with Gasteiger partial charge in [-0.25, -0.2) is 9.59 Å². The number of carbonyl (C=O) groups is 2. The molecular weight excluding hydrogens is 957 g/mol. The third kappa shape index (κ3) is 19.6. The van der Waals surface area contributed by atoms with Crippen molar-refractivity contribution in [3.63, 3.8) is 0 Å². The van der Waals surface area contributed by atoms with Gasteiger partial charge in [-0.2, -0.15) is 0 Å². The zero-order valence-corrected chi connectivity index (χ0v) is 44.4. The Labute approximate surface area is 448 Å². The first-order valence-electron chi connectivity index (χ1n) is 27.5. The summed E-state index contributed by atoms with van der Waals surface area (Å²) in [6.45, 7) is 5.33. The number of esters is 2. The highest BCUT2D eigenvalue weighted by Crippen LogP contribution is 2.32. The second-order valence-corrected chi connectivity index (χ2v) is 19.4. The van der Waals surface area contributed by atoms with Gasteiger partial charge in [-0.1, -0.05) is 202 Å². The summed E-state index contributed by atoms with van der Waals surface area (Å²) in [4.78, 5) is 49.4. The predicted octanol–water partition coefficient (Wildman–Crippen LogP) is 18.0. The summed E-state index contributed by atoms with van der Waals surface area (Å²) in [6.07, 6.45) is 31.2. The maximum Gasteiger partial charge on any atom is 0.343 e. The number of carbonyl (C=O) groups excluding carboxylic acids is 2. The van der Waals surface area contributed by atoms with E-state index in [1.807, 2.05) is 24.3 Å². The number of nitro benzene ring substituents is 2. The van der Waals surface area contributed by atoms with Gasteiger partial charge in [-0.15, -0.1) is 0 Å². The zero-order chi connectivity index (χ0) is 53.7. The largest absolute Gasteiger partial charge is 0.487 e.